The van der Waals surface area contributed by atoms with Gasteiger partial charge in [-0.2, -0.15) is 47.0 Å². The van der Waals surface area contributed by atoms with E-state index >= 15 is 0 Å². The maximum Gasteiger partial charge on any atom is 0.0241 e. The Bertz CT molecular complexity index is 177. The highest BCUT2D eigenvalue weighted by molar-refractivity contribution is 8.06. The van der Waals surface area contributed by atoms with Gasteiger partial charge in [0.2, 0.25) is 0 Å². The summed E-state index contributed by atoms with van der Waals surface area (Å²) < 4.78 is 2.47. The van der Waals surface area contributed by atoms with Gasteiger partial charge in [-0.05, 0) is 12.5 Å². The molecular weight excluding hydrogens is 306 g/mol. The first-order valence-corrected chi connectivity index (χ1v) is 11.8. The smallest absolute Gasteiger partial charge is 0.0241 e. The third-order valence-electron chi connectivity index (χ3n) is 2.23. The van der Waals surface area contributed by atoms with E-state index in [0.717, 1.165) is 5.25 Å². The summed E-state index contributed by atoms with van der Waals surface area (Å²) in [6.45, 7) is 2.62. The molecular formula is C11H23NS5. The summed E-state index contributed by atoms with van der Waals surface area (Å²) in [4.78, 5) is 0. The predicted octanol–water partition coefficient (Wildman–Crippen LogP) is 3.51. The van der Waals surface area contributed by atoms with Gasteiger partial charge < -0.3 is 0 Å². The molecule has 0 bridgehead atoms. The van der Waals surface area contributed by atoms with Crippen molar-refractivity contribution in [3.63, 3.8) is 0 Å². The lowest BCUT2D eigenvalue weighted by Gasteiger charge is -2.15. The number of rotatable bonds is 12. The van der Waals surface area contributed by atoms with Gasteiger partial charge in [-0.3, -0.25) is 0 Å². The quantitative estimate of drug-likeness (QED) is 0.304. The lowest BCUT2D eigenvalue weighted by atomic mass is 10.5. The third kappa shape index (κ3) is 10.2. The van der Waals surface area contributed by atoms with Gasteiger partial charge in [0.05, 0.1) is 0 Å². The van der Waals surface area contributed by atoms with Crippen LogP contribution in [0.3, 0.4) is 0 Å². The van der Waals surface area contributed by atoms with E-state index in [0.29, 0.717) is 0 Å². The van der Waals surface area contributed by atoms with Crippen LogP contribution in [-0.4, -0.2) is 69.7 Å². The molecule has 0 N–H and O–H groups in total. The van der Waals surface area contributed by atoms with Gasteiger partial charge in [0.25, 0.3) is 0 Å². The van der Waals surface area contributed by atoms with Gasteiger partial charge in [0, 0.05) is 52.9 Å². The molecule has 1 fully saturated rings. The van der Waals surface area contributed by atoms with E-state index in [4.69, 9.17) is 0 Å². The van der Waals surface area contributed by atoms with Crippen LogP contribution in [0.15, 0.2) is 0 Å². The fourth-order valence-corrected chi connectivity index (χ4v) is 6.45. The van der Waals surface area contributed by atoms with Crippen molar-refractivity contribution in [2.75, 3.05) is 60.1 Å². The summed E-state index contributed by atoms with van der Waals surface area (Å²) in [7, 11) is 0. The molecule has 1 heterocycles. The summed E-state index contributed by atoms with van der Waals surface area (Å²) in [5, 5.41) is 0.847. The van der Waals surface area contributed by atoms with Crippen LogP contribution in [0.2, 0.25) is 0 Å². The second-order valence-electron chi connectivity index (χ2n) is 3.78. The normalized spacial score (nSPS) is 17.3. The molecule has 1 aliphatic heterocycles. The highest BCUT2D eigenvalue weighted by Gasteiger charge is 2.20. The first-order valence-electron chi connectivity index (χ1n) is 5.92. The zero-order chi connectivity index (χ0) is 12.3. The van der Waals surface area contributed by atoms with Crippen LogP contribution in [0.1, 0.15) is 0 Å². The monoisotopic (exact) mass is 329 g/mol. The molecule has 0 spiro atoms. The van der Waals surface area contributed by atoms with Gasteiger partial charge in [-0.15, -0.1) is 0 Å². The Hall–Kier alpha value is 1.71. The minimum Gasteiger partial charge on any atom is -0.248 e. The second-order valence-corrected chi connectivity index (χ2v) is 9.42. The van der Waals surface area contributed by atoms with Crippen molar-refractivity contribution in [3.05, 3.63) is 0 Å². The lowest BCUT2D eigenvalue weighted by molar-refractivity contribution is 0.943. The molecule has 0 radical (unpaired) electrons. The van der Waals surface area contributed by atoms with Crippen LogP contribution in [0.5, 0.6) is 0 Å². The standard InChI is InChI=1S/C11H23NS5/c1-13-5-7-15-9-11(16-8-6-14-2)10-17-12-3-4-12/h11H,3-10H2,1-2H3. The van der Waals surface area contributed by atoms with Crippen LogP contribution >= 0.6 is 59.0 Å². The van der Waals surface area contributed by atoms with Crippen molar-refractivity contribution in [1.29, 1.82) is 0 Å². The van der Waals surface area contributed by atoms with Gasteiger partial charge >= 0.3 is 0 Å². The van der Waals surface area contributed by atoms with Crippen molar-refractivity contribution >= 4 is 59.0 Å². The molecule has 1 aliphatic rings. The summed E-state index contributed by atoms with van der Waals surface area (Å²) in [6.07, 6.45) is 4.40. The summed E-state index contributed by atoms with van der Waals surface area (Å²) in [5.74, 6) is 7.87. The van der Waals surface area contributed by atoms with Crippen molar-refractivity contribution in [2.24, 2.45) is 0 Å². The Balaban J connectivity index is 2.05. The first-order chi connectivity index (χ1) is 8.36. The SMILES string of the molecule is CSCCSCC(CSN1CC1)SCCSC. The van der Waals surface area contributed by atoms with Crippen LogP contribution in [-0.2, 0) is 0 Å². The van der Waals surface area contributed by atoms with Crippen molar-refractivity contribution in [1.82, 2.24) is 4.31 Å². The minimum absolute atomic E-state index is 0.847. The topological polar surface area (TPSA) is 3.01 Å². The Morgan fingerprint density at radius 1 is 0.941 bits per heavy atom. The molecule has 0 saturated carbocycles. The van der Waals surface area contributed by atoms with Gasteiger partial charge in [-0.25, -0.2) is 4.31 Å². The van der Waals surface area contributed by atoms with Crippen molar-refractivity contribution in [3.8, 4) is 0 Å². The highest BCUT2D eigenvalue weighted by Crippen LogP contribution is 2.26. The summed E-state index contributed by atoms with van der Waals surface area (Å²) in [5.41, 5.74) is 0. The maximum absolute atomic E-state index is 2.47. The first kappa shape index (κ1) is 16.8. The third-order valence-corrected chi connectivity index (χ3v) is 8.05. The van der Waals surface area contributed by atoms with E-state index in [1.165, 1.54) is 47.6 Å². The molecule has 0 aromatic heterocycles. The van der Waals surface area contributed by atoms with Gasteiger partial charge in [-0.1, -0.05) is 11.9 Å². The fraction of sp³-hybridized carbons (Fsp3) is 1.00. The lowest BCUT2D eigenvalue weighted by Crippen LogP contribution is -2.13. The number of hydrogen-bond donors (Lipinski definition) is 0. The number of thioether (sulfide) groups is 4. The maximum atomic E-state index is 2.47. The highest BCUT2D eigenvalue weighted by atomic mass is 32.2. The molecule has 0 aliphatic carbocycles. The summed E-state index contributed by atoms with van der Waals surface area (Å²) >= 11 is 10.3. The molecule has 1 atom stereocenters. The van der Waals surface area contributed by atoms with Gasteiger partial charge in [0.15, 0.2) is 0 Å². The Morgan fingerprint density at radius 2 is 1.65 bits per heavy atom. The Morgan fingerprint density at radius 3 is 2.29 bits per heavy atom. The molecule has 0 aromatic carbocycles. The van der Waals surface area contributed by atoms with Crippen LogP contribution in [0.25, 0.3) is 0 Å². The van der Waals surface area contributed by atoms with E-state index in [1.54, 1.807) is 0 Å². The fourth-order valence-electron chi connectivity index (χ4n) is 1.16. The van der Waals surface area contributed by atoms with Crippen LogP contribution in [0.4, 0.5) is 0 Å². The molecule has 6 heteroatoms. The van der Waals surface area contributed by atoms with E-state index in [2.05, 4.69) is 52.3 Å². The molecule has 1 rings (SSSR count). The molecule has 1 nitrogen and oxygen atoms in total. The van der Waals surface area contributed by atoms with E-state index in [9.17, 15) is 0 Å². The Kier molecular flexibility index (Phi) is 11.4. The molecule has 17 heavy (non-hydrogen) atoms. The van der Waals surface area contributed by atoms with Crippen molar-refractivity contribution in [2.45, 2.75) is 5.25 Å². The molecule has 0 aromatic rings. The largest absolute Gasteiger partial charge is 0.248 e. The van der Waals surface area contributed by atoms with Gasteiger partial charge in [0.1, 0.15) is 0 Å². The number of nitrogens with zero attached hydrogens (tertiary/aromatic N) is 1. The van der Waals surface area contributed by atoms with Crippen molar-refractivity contribution < 1.29 is 0 Å². The predicted molar refractivity (Wildman–Crippen MR) is 94.4 cm³/mol. The van der Waals surface area contributed by atoms with E-state index in [1.807, 2.05) is 23.5 Å². The number of hydrogen-bond acceptors (Lipinski definition) is 6. The molecule has 102 valence electrons. The van der Waals surface area contributed by atoms with E-state index in [-0.39, 0.29) is 0 Å². The molecule has 0 amide bonds. The zero-order valence-electron chi connectivity index (χ0n) is 10.7. The molecule has 1 unspecified atom stereocenters. The van der Waals surface area contributed by atoms with E-state index < -0.39 is 0 Å². The van der Waals surface area contributed by atoms with Crippen LogP contribution in [0, 0.1) is 0 Å². The van der Waals surface area contributed by atoms with Crippen LogP contribution < -0.4 is 0 Å². The average Bonchev–Trinajstić information content (AvgIpc) is 3.15. The molecule has 1 saturated heterocycles. The second kappa shape index (κ2) is 11.5. The average molecular weight is 330 g/mol. The summed E-state index contributed by atoms with van der Waals surface area (Å²) in [6, 6.07) is 0. The Labute approximate surface area is 128 Å². The minimum atomic E-state index is 0.847. The zero-order valence-corrected chi connectivity index (χ0v) is 14.8.